The third kappa shape index (κ3) is 57.4. The van der Waals surface area contributed by atoms with Crippen LogP contribution in [0, 0.1) is 0 Å². The van der Waals surface area contributed by atoms with Crippen LogP contribution in [0.1, 0.15) is 258 Å². The summed E-state index contributed by atoms with van der Waals surface area (Å²) in [7, 11) is 1.47. The van der Waals surface area contributed by atoms with E-state index in [1.54, 1.807) is 0 Å². The van der Waals surface area contributed by atoms with E-state index in [2.05, 4.69) is 123 Å². The lowest BCUT2D eigenvalue weighted by Gasteiger charge is -2.27. The molecule has 0 aromatic heterocycles. The number of rotatable bonds is 56. The van der Waals surface area contributed by atoms with Crippen molar-refractivity contribution in [2.24, 2.45) is 0 Å². The maximum absolute atomic E-state index is 13.6. The number of quaternary nitrogens is 1. The summed E-state index contributed by atoms with van der Waals surface area (Å²) in [4.78, 5) is 37.7. The lowest BCUT2D eigenvalue weighted by Crippen LogP contribution is -2.47. The number of phosphoric acid groups is 1. The fourth-order valence-electron chi connectivity index (χ4n) is 8.67. The van der Waals surface area contributed by atoms with Gasteiger partial charge in [-0.05, 0) is 96.0 Å². The number of carbonyl (C=O) groups excluding carboxylic acids is 2. The van der Waals surface area contributed by atoms with Crippen LogP contribution in [0.25, 0.3) is 0 Å². The molecule has 0 aliphatic rings. The van der Waals surface area contributed by atoms with Gasteiger partial charge in [0.2, 0.25) is 5.91 Å². The van der Waals surface area contributed by atoms with Crippen LogP contribution in [0.3, 0.4) is 0 Å². The second-order valence-electron chi connectivity index (χ2n) is 22.2. The highest BCUT2D eigenvalue weighted by molar-refractivity contribution is 7.47. The van der Waals surface area contributed by atoms with Gasteiger partial charge >= 0.3 is 13.8 Å². The molecule has 0 fully saturated rings. The van der Waals surface area contributed by atoms with Crippen molar-refractivity contribution in [3.05, 3.63) is 109 Å². The second kappa shape index (κ2) is 56.9. The summed E-state index contributed by atoms with van der Waals surface area (Å²) in [5, 5.41) is 3.05. The highest BCUT2D eigenvalue weighted by Gasteiger charge is 2.30. The van der Waals surface area contributed by atoms with Gasteiger partial charge in [0.15, 0.2) is 0 Å². The van der Waals surface area contributed by atoms with Crippen LogP contribution in [0.5, 0.6) is 0 Å². The molecule has 0 aromatic rings. The van der Waals surface area contributed by atoms with E-state index < -0.39 is 20.0 Å². The Morgan fingerprint density at radius 3 is 1.37 bits per heavy atom. The minimum atomic E-state index is -4.46. The molecular formula is C68H120N2O7P+. The third-order valence-corrected chi connectivity index (χ3v) is 14.5. The van der Waals surface area contributed by atoms with Crippen molar-refractivity contribution in [2.45, 2.75) is 270 Å². The molecule has 448 valence electrons. The molecule has 0 saturated carbocycles. The topological polar surface area (TPSA) is 111 Å². The Balaban J connectivity index is 5.10. The number of amides is 1. The van der Waals surface area contributed by atoms with Crippen molar-refractivity contribution in [3.63, 3.8) is 0 Å². The van der Waals surface area contributed by atoms with Crippen molar-refractivity contribution in [3.8, 4) is 0 Å². The Hall–Kier alpha value is -3.33. The monoisotopic (exact) mass is 1110 g/mol. The first-order valence-corrected chi connectivity index (χ1v) is 33.2. The largest absolute Gasteiger partial charge is 0.472 e. The Labute approximate surface area is 481 Å². The number of hydrogen-bond donors (Lipinski definition) is 2. The number of phosphoric ester groups is 1. The second-order valence-corrected chi connectivity index (χ2v) is 23.7. The third-order valence-electron chi connectivity index (χ3n) is 13.5. The first-order chi connectivity index (χ1) is 37.9. The van der Waals surface area contributed by atoms with Crippen molar-refractivity contribution in [2.75, 3.05) is 40.9 Å². The van der Waals surface area contributed by atoms with E-state index in [4.69, 9.17) is 13.8 Å². The molecule has 0 aliphatic heterocycles. The van der Waals surface area contributed by atoms with Crippen molar-refractivity contribution in [1.82, 2.24) is 5.32 Å². The van der Waals surface area contributed by atoms with E-state index in [0.29, 0.717) is 23.9 Å². The molecule has 0 radical (unpaired) electrons. The van der Waals surface area contributed by atoms with Crippen molar-refractivity contribution < 1.29 is 37.3 Å². The maximum Gasteiger partial charge on any atom is 0.472 e. The Morgan fingerprint density at radius 2 is 0.885 bits per heavy atom. The van der Waals surface area contributed by atoms with Gasteiger partial charge in [0.05, 0.1) is 33.8 Å². The smallest absolute Gasteiger partial charge is 0.456 e. The summed E-state index contributed by atoms with van der Waals surface area (Å²) < 4.78 is 30.7. The summed E-state index contributed by atoms with van der Waals surface area (Å²) in [5.74, 6) is -0.537. The van der Waals surface area contributed by atoms with Crippen LogP contribution in [0.15, 0.2) is 109 Å². The Morgan fingerprint density at radius 1 is 0.474 bits per heavy atom. The molecule has 0 rings (SSSR count). The summed E-state index contributed by atoms with van der Waals surface area (Å²) >= 11 is 0. The normalized spacial score (nSPS) is 14.4. The summed E-state index contributed by atoms with van der Waals surface area (Å²) in [6, 6.07) is -0.864. The highest BCUT2D eigenvalue weighted by Crippen LogP contribution is 2.43. The summed E-state index contributed by atoms with van der Waals surface area (Å²) in [6.45, 7) is 6.74. The van der Waals surface area contributed by atoms with Gasteiger partial charge in [-0.2, -0.15) is 0 Å². The molecule has 0 spiro atoms. The minimum absolute atomic E-state index is 0.0312. The number of likely N-dealkylation sites (N-methyl/N-ethyl adjacent to an activating group) is 1. The Kier molecular flexibility index (Phi) is 54.5. The van der Waals surface area contributed by atoms with Crippen LogP contribution in [0.4, 0.5) is 0 Å². The number of hydrogen-bond acceptors (Lipinski definition) is 6. The summed E-state index contributed by atoms with van der Waals surface area (Å²) in [6.07, 6.45) is 78.1. The lowest BCUT2D eigenvalue weighted by atomic mass is 10.0. The molecule has 0 heterocycles. The molecule has 78 heavy (non-hydrogen) atoms. The number of nitrogens with one attached hydrogen (secondary N) is 1. The van der Waals surface area contributed by atoms with Crippen LogP contribution < -0.4 is 5.32 Å². The first kappa shape index (κ1) is 74.7. The average Bonchev–Trinajstić information content (AvgIpc) is 3.40. The fourth-order valence-corrected chi connectivity index (χ4v) is 9.41. The zero-order chi connectivity index (χ0) is 57.2. The van der Waals surface area contributed by atoms with Crippen LogP contribution >= 0.6 is 7.82 Å². The van der Waals surface area contributed by atoms with E-state index in [1.807, 2.05) is 33.3 Å². The van der Waals surface area contributed by atoms with Crippen LogP contribution in [0.2, 0.25) is 0 Å². The minimum Gasteiger partial charge on any atom is -0.456 e. The number of unbranched alkanes of at least 4 members (excludes halogenated alkanes) is 26. The molecule has 0 aliphatic carbocycles. The van der Waals surface area contributed by atoms with Gasteiger partial charge in [0.25, 0.3) is 0 Å². The molecular weight excluding hydrogens is 988 g/mol. The van der Waals surface area contributed by atoms with E-state index in [-0.39, 0.29) is 31.5 Å². The van der Waals surface area contributed by atoms with E-state index in [0.717, 1.165) is 122 Å². The molecule has 3 unspecified atom stereocenters. The maximum atomic E-state index is 13.6. The zero-order valence-corrected chi connectivity index (χ0v) is 52.0. The number of carbonyl (C=O) groups is 2. The number of allylic oxidation sites excluding steroid dienone is 17. The molecule has 1 amide bonds. The number of ether oxygens (including phenoxy) is 1. The standard InChI is InChI=1S/C68H119N2O7P/c1-7-10-13-16-19-22-25-28-29-30-31-32-33-34-35-36-37-38-39-40-41-43-45-48-51-54-57-60-67(71)69-65(64-76-78(73,74)75-63-62-70(4,5)6)66(59-56-53-50-47-44-27-24-21-18-15-12-9-3)77-68(72)61-58-55-52-49-46-42-26-23-20-17-14-11-8-2/h10-11,13-14,17,19-20,22-23,26,28-29,31-32,34-35,56,59,65-66H,7-9,12,15-16,18,21,24-25,27,30,33,36-55,57-58,60-64H2,1-6H3,(H-,69,71,73,74)/p+1/b13-10-,14-11+,20-17+,22-19-,26-23-,29-28-,32-31-,35-34-,59-56-. The van der Waals surface area contributed by atoms with Crippen molar-refractivity contribution in [1.29, 1.82) is 0 Å². The highest BCUT2D eigenvalue weighted by atomic mass is 31.2. The molecule has 9 nitrogen and oxygen atoms in total. The van der Waals surface area contributed by atoms with Gasteiger partial charge in [-0.15, -0.1) is 0 Å². The number of nitrogens with zero attached hydrogens (tertiary/aromatic N) is 1. The van der Waals surface area contributed by atoms with E-state index >= 15 is 0 Å². The zero-order valence-electron chi connectivity index (χ0n) is 51.1. The quantitative estimate of drug-likeness (QED) is 0.0156. The molecule has 0 aromatic carbocycles. The average molecular weight is 1110 g/mol. The van der Waals surface area contributed by atoms with Crippen LogP contribution in [-0.2, 0) is 27.9 Å². The van der Waals surface area contributed by atoms with Crippen LogP contribution in [-0.4, -0.2) is 74.3 Å². The molecule has 3 atom stereocenters. The predicted molar refractivity (Wildman–Crippen MR) is 337 cm³/mol. The molecule has 0 bridgehead atoms. The molecule has 0 saturated heterocycles. The predicted octanol–water partition coefficient (Wildman–Crippen LogP) is 19.7. The number of esters is 1. The molecule has 10 heteroatoms. The summed E-state index contributed by atoms with van der Waals surface area (Å²) in [5.41, 5.74) is 0. The van der Waals surface area contributed by atoms with Crippen molar-refractivity contribution >= 4 is 19.7 Å². The lowest BCUT2D eigenvalue weighted by molar-refractivity contribution is -0.870. The Bertz CT molecular complexity index is 1700. The SMILES string of the molecule is CC/C=C\C/C=C\C/C=C\C/C=C\C/C=C\CCCCCCCCCCCCCC(=O)NC(COP(=O)(O)OCC[N+](C)(C)C)C(/C=C\CCCCCCCCCCCC)OC(=O)CCCCCCC\C=C/C=C/C=C/CC. The van der Waals surface area contributed by atoms with E-state index in [1.165, 1.54) is 96.3 Å². The van der Waals surface area contributed by atoms with Gasteiger partial charge in [-0.3, -0.25) is 18.6 Å². The van der Waals surface area contributed by atoms with Gasteiger partial charge in [0, 0.05) is 12.8 Å². The van der Waals surface area contributed by atoms with Gasteiger partial charge < -0.3 is 19.4 Å². The fraction of sp³-hybridized carbons (Fsp3) is 0.706. The van der Waals surface area contributed by atoms with Gasteiger partial charge in [-0.25, -0.2) is 4.57 Å². The first-order valence-electron chi connectivity index (χ1n) is 31.7. The van der Waals surface area contributed by atoms with Gasteiger partial charge in [0.1, 0.15) is 19.3 Å². The van der Waals surface area contributed by atoms with E-state index in [9.17, 15) is 19.0 Å². The molecule has 2 N–H and O–H groups in total. The van der Waals surface area contributed by atoms with Gasteiger partial charge in [-0.1, -0.05) is 259 Å².